The predicted octanol–water partition coefficient (Wildman–Crippen LogP) is 5.55. The minimum absolute atomic E-state index is 0.125. The van der Waals surface area contributed by atoms with Gasteiger partial charge in [-0.3, -0.25) is 9.47 Å². The van der Waals surface area contributed by atoms with Crippen molar-refractivity contribution in [2.45, 2.75) is 43.1 Å². The third kappa shape index (κ3) is 4.40. The number of nitrogens with zero attached hydrogens (tertiary/aromatic N) is 6. The summed E-state index contributed by atoms with van der Waals surface area (Å²) in [5.41, 5.74) is 2.64. The highest BCUT2D eigenvalue weighted by Gasteiger charge is 2.25. The van der Waals surface area contributed by atoms with E-state index in [-0.39, 0.29) is 11.9 Å². The molecule has 0 saturated carbocycles. The summed E-state index contributed by atoms with van der Waals surface area (Å²) in [7, 11) is 0. The van der Waals surface area contributed by atoms with Crippen molar-refractivity contribution in [3.8, 4) is 5.69 Å². The van der Waals surface area contributed by atoms with Crippen LogP contribution in [0, 0.1) is 5.82 Å². The lowest BCUT2D eigenvalue weighted by Gasteiger charge is -2.31. The van der Waals surface area contributed by atoms with Gasteiger partial charge in [0.1, 0.15) is 11.5 Å². The maximum Gasteiger partial charge on any atom is 0.196 e. The van der Waals surface area contributed by atoms with Gasteiger partial charge in [0.25, 0.3) is 0 Å². The Bertz CT molecular complexity index is 1220. The molecule has 32 heavy (non-hydrogen) atoms. The first-order valence-corrected chi connectivity index (χ1v) is 12.2. The van der Waals surface area contributed by atoms with Crippen LogP contribution >= 0.6 is 23.4 Å². The van der Waals surface area contributed by atoms with Crippen LogP contribution in [0.25, 0.3) is 11.3 Å². The molecule has 1 fully saturated rings. The molecule has 4 aromatic rings. The van der Waals surface area contributed by atoms with Crippen molar-refractivity contribution in [3.63, 3.8) is 0 Å². The van der Waals surface area contributed by atoms with Gasteiger partial charge in [0.05, 0.1) is 16.8 Å². The van der Waals surface area contributed by atoms with E-state index in [4.69, 9.17) is 11.6 Å². The van der Waals surface area contributed by atoms with E-state index < -0.39 is 0 Å². The lowest BCUT2D eigenvalue weighted by atomic mass is 10.1. The highest BCUT2D eigenvalue weighted by atomic mass is 35.5. The van der Waals surface area contributed by atoms with Gasteiger partial charge in [-0.2, -0.15) is 0 Å². The zero-order valence-corrected chi connectivity index (χ0v) is 19.4. The molecule has 1 atom stereocenters. The third-order valence-corrected chi connectivity index (χ3v) is 7.06. The molecular weight excluding hydrogens is 447 g/mol. The minimum atomic E-state index is -0.259. The van der Waals surface area contributed by atoms with Gasteiger partial charge in [0, 0.05) is 23.8 Å². The second kappa shape index (κ2) is 9.21. The normalized spacial score (nSPS) is 16.0. The zero-order valence-electron chi connectivity index (χ0n) is 17.8. The Labute approximate surface area is 195 Å². The van der Waals surface area contributed by atoms with Crippen LogP contribution in [0.1, 0.15) is 43.7 Å². The predicted molar refractivity (Wildman–Crippen MR) is 125 cm³/mol. The fraction of sp³-hybridized carbons (Fsp3) is 0.348. The molecule has 0 amide bonds. The fourth-order valence-electron chi connectivity index (χ4n) is 4.17. The number of halogens is 2. The number of rotatable bonds is 6. The first-order valence-electron chi connectivity index (χ1n) is 10.8. The van der Waals surface area contributed by atoms with Crippen LogP contribution in [0.2, 0.25) is 5.02 Å². The number of pyridine rings is 1. The second-order valence-corrected chi connectivity index (χ2v) is 9.44. The highest BCUT2D eigenvalue weighted by Crippen LogP contribution is 2.30. The molecule has 0 bridgehead atoms. The molecule has 1 unspecified atom stereocenters. The van der Waals surface area contributed by atoms with Gasteiger partial charge in [0.15, 0.2) is 11.0 Å². The monoisotopic (exact) mass is 470 g/mol. The number of thioether (sulfide) groups is 1. The number of likely N-dealkylation sites (tertiary alicyclic amines) is 1. The number of hydrogen-bond donors (Lipinski definition) is 0. The van der Waals surface area contributed by atoms with E-state index in [1.54, 1.807) is 23.9 Å². The largest absolute Gasteiger partial charge is 0.305 e. The minimum Gasteiger partial charge on any atom is -0.305 e. The Balaban J connectivity index is 1.45. The number of benzene rings is 1. The molecule has 1 aliphatic rings. The van der Waals surface area contributed by atoms with E-state index in [2.05, 4.69) is 31.6 Å². The lowest BCUT2D eigenvalue weighted by molar-refractivity contribution is 0.167. The van der Waals surface area contributed by atoms with Crippen LogP contribution < -0.4 is 0 Å². The molecule has 0 spiro atoms. The highest BCUT2D eigenvalue weighted by molar-refractivity contribution is 7.98. The van der Waals surface area contributed by atoms with Crippen LogP contribution in [-0.4, -0.2) is 42.1 Å². The SMILES string of the molecule is CC(c1nnc(SCc2cn3cc(Cl)ccc3n2)n1-c1ccc(F)cc1)N1CCCCC1. The number of hydrogen-bond acceptors (Lipinski definition) is 5. The van der Waals surface area contributed by atoms with E-state index >= 15 is 0 Å². The Morgan fingerprint density at radius 1 is 1.03 bits per heavy atom. The molecule has 1 saturated heterocycles. The van der Waals surface area contributed by atoms with E-state index in [0.29, 0.717) is 10.8 Å². The molecule has 6 nitrogen and oxygen atoms in total. The van der Waals surface area contributed by atoms with Crippen LogP contribution in [0.5, 0.6) is 0 Å². The van der Waals surface area contributed by atoms with Crippen LogP contribution in [0.4, 0.5) is 4.39 Å². The number of fused-ring (bicyclic) bond motifs is 1. The van der Waals surface area contributed by atoms with Gasteiger partial charge < -0.3 is 4.40 Å². The molecule has 3 aromatic heterocycles. The summed E-state index contributed by atoms with van der Waals surface area (Å²) in [6, 6.07) is 10.4. The van der Waals surface area contributed by atoms with Gasteiger partial charge in [-0.05, 0) is 69.3 Å². The summed E-state index contributed by atoms with van der Waals surface area (Å²) < 4.78 is 17.6. The summed E-state index contributed by atoms with van der Waals surface area (Å²) in [6.45, 7) is 4.29. The van der Waals surface area contributed by atoms with Crippen molar-refractivity contribution < 1.29 is 4.39 Å². The summed E-state index contributed by atoms with van der Waals surface area (Å²) in [4.78, 5) is 7.12. The van der Waals surface area contributed by atoms with Crippen molar-refractivity contribution in [2.24, 2.45) is 0 Å². The smallest absolute Gasteiger partial charge is 0.196 e. The van der Waals surface area contributed by atoms with Crippen molar-refractivity contribution in [1.82, 2.24) is 29.0 Å². The topological polar surface area (TPSA) is 51.2 Å². The molecule has 5 rings (SSSR count). The Kier molecular flexibility index (Phi) is 6.17. The van der Waals surface area contributed by atoms with Crippen molar-refractivity contribution in [3.05, 3.63) is 71.2 Å². The van der Waals surface area contributed by atoms with Gasteiger partial charge in [0.2, 0.25) is 0 Å². The Morgan fingerprint density at radius 2 is 1.81 bits per heavy atom. The van der Waals surface area contributed by atoms with Crippen LogP contribution in [0.15, 0.2) is 53.9 Å². The molecule has 1 aliphatic heterocycles. The molecular formula is C23H24ClFN6S. The standard InChI is InChI=1S/C23H24ClFN6S/c1-16(29-11-3-2-4-12-29)22-27-28-23(31(22)20-8-6-18(25)7-9-20)32-15-19-14-30-13-17(24)5-10-21(30)26-19/h5-10,13-14,16H,2-4,11-12,15H2,1H3. The zero-order chi connectivity index (χ0) is 22.1. The van der Waals surface area contributed by atoms with Crippen LogP contribution in [0.3, 0.4) is 0 Å². The molecule has 0 aliphatic carbocycles. The van der Waals surface area contributed by atoms with Gasteiger partial charge in [-0.25, -0.2) is 9.37 Å². The molecule has 1 aromatic carbocycles. The molecule has 4 heterocycles. The van der Waals surface area contributed by atoms with Crippen LogP contribution in [-0.2, 0) is 5.75 Å². The van der Waals surface area contributed by atoms with E-state index in [9.17, 15) is 4.39 Å². The van der Waals surface area contributed by atoms with E-state index in [1.165, 1.54) is 31.4 Å². The van der Waals surface area contributed by atoms with Gasteiger partial charge in [-0.15, -0.1) is 10.2 Å². The van der Waals surface area contributed by atoms with E-state index in [0.717, 1.165) is 41.1 Å². The summed E-state index contributed by atoms with van der Waals surface area (Å²) >= 11 is 7.66. The Hall–Kier alpha value is -2.42. The Morgan fingerprint density at radius 3 is 2.59 bits per heavy atom. The first kappa shape index (κ1) is 21.4. The summed E-state index contributed by atoms with van der Waals surface area (Å²) in [5.74, 6) is 1.25. The third-order valence-electron chi connectivity index (χ3n) is 5.87. The van der Waals surface area contributed by atoms with Gasteiger partial charge >= 0.3 is 0 Å². The van der Waals surface area contributed by atoms with Crippen molar-refractivity contribution in [2.75, 3.05) is 13.1 Å². The second-order valence-electron chi connectivity index (χ2n) is 8.06. The maximum absolute atomic E-state index is 13.6. The number of aromatic nitrogens is 5. The lowest BCUT2D eigenvalue weighted by Crippen LogP contribution is -2.33. The average molecular weight is 471 g/mol. The summed E-state index contributed by atoms with van der Waals surface area (Å²) in [5, 5.41) is 10.5. The average Bonchev–Trinajstić information content (AvgIpc) is 3.41. The summed E-state index contributed by atoms with van der Waals surface area (Å²) in [6.07, 6.45) is 7.50. The maximum atomic E-state index is 13.6. The number of imidazole rings is 1. The fourth-order valence-corrected chi connectivity index (χ4v) is 5.18. The first-order chi connectivity index (χ1) is 15.6. The molecule has 0 N–H and O–H groups in total. The number of piperidine rings is 1. The molecule has 0 radical (unpaired) electrons. The molecule has 166 valence electrons. The van der Waals surface area contributed by atoms with Crippen molar-refractivity contribution >= 4 is 29.0 Å². The van der Waals surface area contributed by atoms with E-state index in [1.807, 2.05) is 28.9 Å². The quantitative estimate of drug-likeness (QED) is 0.346. The van der Waals surface area contributed by atoms with Crippen molar-refractivity contribution in [1.29, 1.82) is 0 Å². The molecule has 9 heteroatoms. The van der Waals surface area contributed by atoms with Gasteiger partial charge in [-0.1, -0.05) is 29.8 Å².